The highest BCUT2D eigenvalue weighted by molar-refractivity contribution is 7.89. The van der Waals surface area contributed by atoms with E-state index in [1.165, 1.54) is 16.4 Å². The van der Waals surface area contributed by atoms with Gasteiger partial charge in [0.05, 0.1) is 5.75 Å². The summed E-state index contributed by atoms with van der Waals surface area (Å²) in [7, 11) is -3.31. The van der Waals surface area contributed by atoms with Crippen LogP contribution >= 0.6 is 0 Å². The Morgan fingerprint density at radius 2 is 1.81 bits per heavy atom. The van der Waals surface area contributed by atoms with Crippen molar-refractivity contribution in [2.45, 2.75) is 44.6 Å². The summed E-state index contributed by atoms with van der Waals surface area (Å²) in [5.41, 5.74) is 0.0874. The van der Waals surface area contributed by atoms with Crippen molar-refractivity contribution >= 4 is 15.9 Å². The van der Waals surface area contributed by atoms with Gasteiger partial charge in [0.2, 0.25) is 10.0 Å². The number of piperidine rings is 1. The lowest BCUT2D eigenvalue weighted by Gasteiger charge is -2.45. The number of nitrogens with one attached hydrogen (secondary N) is 1. The molecule has 2 N–H and O–H groups in total. The first-order valence-corrected chi connectivity index (χ1v) is 12.1. The van der Waals surface area contributed by atoms with Crippen LogP contribution in [0.1, 0.15) is 49.0 Å². The third-order valence-corrected chi connectivity index (χ3v) is 8.29. The second-order valence-corrected chi connectivity index (χ2v) is 10.2. The van der Waals surface area contributed by atoms with Crippen LogP contribution in [0.15, 0.2) is 48.5 Å². The summed E-state index contributed by atoms with van der Waals surface area (Å²) >= 11 is 0. The van der Waals surface area contributed by atoms with Gasteiger partial charge in [0.15, 0.2) is 0 Å². The quantitative estimate of drug-likeness (QED) is 0.680. The van der Waals surface area contributed by atoms with E-state index in [9.17, 15) is 22.7 Å². The van der Waals surface area contributed by atoms with Crippen LogP contribution in [-0.2, 0) is 15.4 Å². The zero-order chi connectivity index (χ0) is 22.6. The van der Waals surface area contributed by atoms with Gasteiger partial charge in [-0.2, -0.15) is 0 Å². The molecule has 1 fully saturated rings. The van der Waals surface area contributed by atoms with Crippen molar-refractivity contribution in [2.24, 2.45) is 0 Å². The molecule has 6 nitrogen and oxygen atoms in total. The second kappa shape index (κ2) is 9.36. The predicted molar refractivity (Wildman–Crippen MR) is 118 cm³/mol. The Kier molecular flexibility index (Phi) is 7.01. The first-order chi connectivity index (χ1) is 14.7. The fourth-order valence-electron chi connectivity index (χ4n) is 4.44. The molecule has 31 heavy (non-hydrogen) atoms. The summed E-state index contributed by atoms with van der Waals surface area (Å²) < 4.78 is 40.8. The summed E-state index contributed by atoms with van der Waals surface area (Å²) in [4.78, 5) is 12.8. The van der Waals surface area contributed by atoms with Crippen LogP contribution in [0.4, 0.5) is 4.39 Å². The maximum atomic E-state index is 14.2. The molecule has 0 saturated carbocycles. The molecule has 1 heterocycles. The minimum Gasteiger partial charge on any atom is -0.507 e. The number of carbonyl (C=O) groups excluding carboxylic acids is 1. The van der Waals surface area contributed by atoms with Crippen LogP contribution in [-0.4, -0.2) is 48.6 Å². The molecule has 1 saturated heterocycles. The lowest BCUT2D eigenvalue weighted by Crippen LogP contribution is -2.55. The number of aromatic hydroxyl groups is 1. The zero-order valence-corrected chi connectivity index (χ0v) is 18.7. The molecule has 0 aliphatic carbocycles. The minimum absolute atomic E-state index is 0.115. The van der Waals surface area contributed by atoms with Crippen molar-refractivity contribution in [3.63, 3.8) is 0 Å². The normalized spacial score (nSPS) is 17.8. The fraction of sp³-hybridized carbons (Fsp3) is 0.435. The van der Waals surface area contributed by atoms with E-state index in [-0.39, 0.29) is 11.3 Å². The summed E-state index contributed by atoms with van der Waals surface area (Å²) in [6, 6.07) is 13.0. The summed E-state index contributed by atoms with van der Waals surface area (Å²) in [6.45, 7) is 4.38. The fourth-order valence-corrected chi connectivity index (χ4v) is 5.95. The third kappa shape index (κ3) is 4.75. The first kappa shape index (κ1) is 23.2. The topological polar surface area (TPSA) is 86.7 Å². The molecule has 1 amide bonds. The number of rotatable bonds is 7. The molecule has 2 aromatic carbocycles. The van der Waals surface area contributed by atoms with E-state index < -0.39 is 39.0 Å². The summed E-state index contributed by atoms with van der Waals surface area (Å²) in [6.07, 6.45) is 1.59. The van der Waals surface area contributed by atoms with Crippen molar-refractivity contribution in [1.82, 2.24) is 9.62 Å². The number of nitrogens with zero attached hydrogens (tertiary/aromatic N) is 1. The molecule has 1 unspecified atom stereocenters. The Bertz CT molecular complexity index is 999. The molecule has 3 rings (SSSR count). The van der Waals surface area contributed by atoms with Crippen LogP contribution in [0.25, 0.3) is 0 Å². The number of hydrogen-bond donors (Lipinski definition) is 2. The van der Waals surface area contributed by atoms with Crippen molar-refractivity contribution in [3.05, 3.63) is 65.5 Å². The summed E-state index contributed by atoms with van der Waals surface area (Å²) in [5.74, 6) is -1.79. The molecular formula is C23H29FN2O4S. The van der Waals surface area contributed by atoms with Crippen LogP contribution in [0.3, 0.4) is 0 Å². The predicted octanol–water partition coefficient (Wildman–Crippen LogP) is 3.42. The van der Waals surface area contributed by atoms with Crippen LogP contribution in [0.2, 0.25) is 0 Å². The van der Waals surface area contributed by atoms with Gasteiger partial charge in [-0.3, -0.25) is 4.79 Å². The smallest absolute Gasteiger partial charge is 0.258 e. The molecular weight excluding hydrogens is 419 g/mol. The average molecular weight is 449 g/mol. The highest BCUT2D eigenvalue weighted by atomic mass is 32.2. The van der Waals surface area contributed by atoms with Gasteiger partial charge in [-0.05, 0) is 43.9 Å². The summed E-state index contributed by atoms with van der Waals surface area (Å²) in [5, 5.41) is 12.8. The van der Waals surface area contributed by atoms with Crippen molar-refractivity contribution in [2.75, 3.05) is 18.8 Å². The van der Waals surface area contributed by atoms with Gasteiger partial charge in [-0.1, -0.05) is 43.3 Å². The van der Waals surface area contributed by atoms with E-state index >= 15 is 0 Å². The van der Waals surface area contributed by atoms with Gasteiger partial charge in [-0.25, -0.2) is 17.1 Å². The van der Waals surface area contributed by atoms with E-state index in [1.54, 1.807) is 0 Å². The average Bonchev–Trinajstić information content (AvgIpc) is 2.74. The maximum absolute atomic E-state index is 14.2. The van der Waals surface area contributed by atoms with Crippen LogP contribution in [0, 0.1) is 5.82 Å². The van der Waals surface area contributed by atoms with Gasteiger partial charge in [0.1, 0.15) is 17.1 Å². The van der Waals surface area contributed by atoms with Gasteiger partial charge >= 0.3 is 0 Å². The lowest BCUT2D eigenvalue weighted by atomic mass is 9.68. The van der Waals surface area contributed by atoms with Gasteiger partial charge in [0.25, 0.3) is 5.91 Å². The molecule has 0 aromatic heterocycles. The van der Waals surface area contributed by atoms with Crippen molar-refractivity contribution < 1.29 is 22.7 Å². The lowest BCUT2D eigenvalue weighted by molar-refractivity contribution is 0.0888. The molecule has 0 radical (unpaired) electrons. The number of sulfonamides is 1. The van der Waals surface area contributed by atoms with Crippen molar-refractivity contribution in [1.29, 1.82) is 0 Å². The standard InChI is InChI=1S/C23H29FN2O4S/c1-3-16-31(29,30)26-14-12-23(13-15-26,18-8-5-4-6-9-18)17(2)25-22(28)21-19(24)10-7-11-20(21)27/h4-11,17,27H,3,12-16H2,1-2H3,(H,25,28). The Morgan fingerprint density at radius 1 is 1.16 bits per heavy atom. The molecule has 2 aromatic rings. The number of halogens is 1. The van der Waals surface area contributed by atoms with E-state index in [0.29, 0.717) is 32.4 Å². The molecule has 1 aliphatic heterocycles. The molecule has 1 atom stereocenters. The minimum atomic E-state index is -3.31. The number of phenolic OH excluding ortho intramolecular Hbond substituents is 1. The number of carbonyl (C=O) groups is 1. The molecule has 168 valence electrons. The Labute approximate surface area is 183 Å². The Morgan fingerprint density at radius 3 is 2.39 bits per heavy atom. The molecule has 1 aliphatic rings. The van der Waals surface area contributed by atoms with E-state index in [1.807, 2.05) is 44.2 Å². The highest BCUT2D eigenvalue weighted by Gasteiger charge is 2.43. The molecule has 8 heteroatoms. The number of phenols is 1. The number of hydrogen-bond acceptors (Lipinski definition) is 4. The van der Waals surface area contributed by atoms with Gasteiger partial charge < -0.3 is 10.4 Å². The van der Waals surface area contributed by atoms with Gasteiger partial charge in [-0.15, -0.1) is 0 Å². The Balaban J connectivity index is 1.88. The zero-order valence-electron chi connectivity index (χ0n) is 17.8. The number of benzene rings is 2. The van der Waals surface area contributed by atoms with E-state index in [4.69, 9.17) is 0 Å². The van der Waals surface area contributed by atoms with E-state index in [0.717, 1.165) is 11.6 Å². The van der Waals surface area contributed by atoms with Gasteiger partial charge in [0, 0.05) is 24.5 Å². The monoisotopic (exact) mass is 448 g/mol. The molecule has 0 bridgehead atoms. The van der Waals surface area contributed by atoms with E-state index in [2.05, 4.69) is 5.32 Å². The first-order valence-electron chi connectivity index (χ1n) is 10.5. The van der Waals surface area contributed by atoms with Crippen molar-refractivity contribution in [3.8, 4) is 5.75 Å². The SMILES string of the molecule is CCCS(=O)(=O)N1CCC(c2ccccc2)(C(C)NC(=O)c2c(O)cccc2F)CC1. The molecule has 0 spiro atoms. The largest absolute Gasteiger partial charge is 0.507 e. The highest BCUT2D eigenvalue weighted by Crippen LogP contribution is 2.39. The van der Waals surface area contributed by atoms with Crippen LogP contribution < -0.4 is 5.32 Å². The number of amides is 1. The second-order valence-electron chi connectivity index (χ2n) is 8.07. The van der Waals surface area contributed by atoms with Crippen LogP contribution in [0.5, 0.6) is 5.75 Å². The maximum Gasteiger partial charge on any atom is 0.258 e. The Hall–Kier alpha value is -2.45. The third-order valence-electron chi connectivity index (χ3n) is 6.21.